The summed E-state index contributed by atoms with van der Waals surface area (Å²) in [6, 6.07) is 3.88. The summed E-state index contributed by atoms with van der Waals surface area (Å²) in [7, 11) is 0. The molecule has 2 amide bonds. The first-order chi connectivity index (χ1) is 13.0. The topological polar surface area (TPSA) is 83.8 Å². The van der Waals surface area contributed by atoms with Gasteiger partial charge < -0.3 is 9.80 Å². The summed E-state index contributed by atoms with van der Waals surface area (Å²) in [5, 5.41) is 11.2. The molecule has 0 N–H and O–H groups in total. The number of rotatable bonds is 3. The van der Waals surface area contributed by atoms with Crippen molar-refractivity contribution in [2.75, 3.05) is 26.2 Å². The van der Waals surface area contributed by atoms with Crippen LogP contribution in [0.2, 0.25) is 5.02 Å². The number of halogens is 1. The van der Waals surface area contributed by atoms with Crippen LogP contribution >= 0.6 is 11.6 Å². The van der Waals surface area contributed by atoms with E-state index in [2.05, 4.69) is 0 Å². The predicted octanol–water partition coefficient (Wildman–Crippen LogP) is 3.50. The number of hydrogen-bond acceptors (Lipinski definition) is 4. The number of non-ortho nitro benzene ring substituents is 1. The van der Waals surface area contributed by atoms with E-state index in [0.717, 1.165) is 25.9 Å². The third kappa shape index (κ3) is 4.58. The number of amides is 2. The molecule has 2 fully saturated rings. The normalized spacial score (nSPS) is 18.9. The second-order valence-electron chi connectivity index (χ2n) is 7.23. The van der Waals surface area contributed by atoms with Gasteiger partial charge in [0, 0.05) is 44.2 Å². The number of benzene rings is 1. The van der Waals surface area contributed by atoms with E-state index in [4.69, 9.17) is 11.6 Å². The maximum atomic E-state index is 12.8. The minimum absolute atomic E-state index is 0.0484. The van der Waals surface area contributed by atoms with Crippen molar-refractivity contribution in [2.45, 2.75) is 38.5 Å². The van der Waals surface area contributed by atoms with Crippen molar-refractivity contribution in [3.63, 3.8) is 0 Å². The standard InChI is InChI=1S/C19H24ClN3O4/c20-17-6-5-15(23(26)27)13-16(17)19(25)22-11-7-14(8-12-22)18(24)21-9-3-1-2-4-10-21/h5-6,13-14H,1-4,7-12H2. The Bertz CT molecular complexity index is 724. The summed E-state index contributed by atoms with van der Waals surface area (Å²) >= 11 is 6.08. The summed E-state index contributed by atoms with van der Waals surface area (Å²) in [5.41, 5.74) is -0.0165. The van der Waals surface area contributed by atoms with Crippen LogP contribution in [0, 0.1) is 16.0 Å². The average molecular weight is 394 g/mol. The van der Waals surface area contributed by atoms with Gasteiger partial charge in [0.1, 0.15) is 0 Å². The molecule has 0 atom stereocenters. The number of carbonyl (C=O) groups is 2. The van der Waals surface area contributed by atoms with Crippen molar-refractivity contribution in [1.29, 1.82) is 0 Å². The molecule has 8 heteroatoms. The Hall–Kier alpha value is -2.15. The van der Waals surface area contributed by atoms with Gasteiger partial charge in [-0.25, -0.2) is 0 Å². The quantitative estimate of drug-likeness (QED) is 0.581. The van der Waals surface area contributed by atoms with Crippen LogP contribution < -0.4 is 0 Å². The van der Waals surface area contributed by atoms with Gasteiger partial charge >= 0.3 is 0 Å². The number of hydrogen-bond donors (Lipinski definition) is 0. The molecule has 2 heterocycles. The fourth-order valence-corrected chi connectivity index (χ4v) is 4.04. The zero-order valence-corrected chi connectivity index (χ0v) is 16.0. The summed E-state index contributed by atoms with van der Waals surface area (Å²) in [5.74, 6) is -0.158. The molecule has 1 aromatic rings. The molecule has 0 aliphatic carbocycles. The number of nitrogens with zero attached hydrogens (tertiary/aromatic N) is 3. The van der Waals surface area contributed by atoms with E-state index in [9.17, 15) is 19.7 Å². The molecule has 1 aromatic carbocycles. The van der Waals surface area contributed by atoms with Gasteiger partial charge in [-0.2, -0.15) is 0 Å². The summed E-state index contributed by atoms with van der Waals surface area (Å²) < 4.78 is 0. The molecule has 3 rings (SSSR count). The van der Waals surface area contributed by atoms with Crippen molar-refractivity contribution in [3.05, 3.63) is 38.9 Å². The van der Waals surface area contributed by atoms with Gasteiger partial charge in [-0.05, 0) is 31.7 Å². The van der Waals surface area contributed by atoms with Gasteiger partial charge in [0.05, 0.1) is 15.5 Å². The maximum Gasteiger partial charge on any atom is 0.270 e. The fraction of sp³-hybridized carbons (Fsp3) is 0.579. The highest BCUT2D eigenvalue weighted by Gasteiger charge is 2.31. The monoisotopic (exact) mass is 393 g/mol. The highest BCUT2D eigenvalue weighted by molar-refractivity contribution is 6.33. The highest BCUT2D eigenvalue weighted by Crippen LogP contribution is 2.27. The van der Waals surface area contributed by atoms with Crippen molar-refractivity contribution in [3.8, 4) is 0 Å². The number of likely N-dealkylation sites (tertiary alicyclic amines) is 2. The van der Waals surface area contributed by atoms with Crippen LogP contribution in [-0.2, 0) is 4.79 Å². The van der Waals surface area contributed by atoms with Crippen molar-refractivity contribution < 1.29 is 14.5 Å². The molecular weight excluding hydrogens is 370 g/mol. The Labute approximate surface area is 163 Å². The van der Waals surface area contributed by atoms with Crippen LogP contribution in [0.1, 0.15) is 48.9 Å². The van der Waals surface area contributed by atoms with Crippen LogP contribution in [-0.4, -0.2) is 52.7 Å². The second kappa shape index (κ2) is 8.69. The number of piperidine rings is 1. The predicted molar refractivity (Wildman–Crippen MR) is 102 cm³/mol. The zero-order valence-electron chi connectivity index (χ0n) is 15.2. The van der Waals surface area contributed by atoms with Gasteiger partial charge in [-0.3, -0.25) is 19.7 Å². The van der Waals surface area contributed by atoms with Crippen molar-refractivity contribution >= 4 is 29.1 Å². The average Bonchev–Trinajstić information content (AvgIpc) is 2.96. The Morgan fingerprint density at radius 1 is 1.00 bits per heavy atom. The first-order valence-electron chi connectivity index (χ1n) is 9.49. The molecular formula is C19H24ClN3O4. The zero-order chi connectivity index (χ0) is 19.4. The van der Waals surface area contributed by atoms with Crippen LogP contribution in [0.3, 0.4) is 0 Å². The fourth-order valence-electron chi connectivity index (χ4n) is 3.84. The maximum absolute atomic E-state index is 12.8. The first kappa shape index (κ1) is 19.6. The van der Waals surface area contributed by atoms with Crippen molar-refractivity contribution in [1.82, 2.24) is 9.80 Å². The molecule has 0 aromatic heterocycles. The third-order valence-corrected chi connectivity index (χ3v) is 5.77. The molecule has 2 saturated heterocycles. The van der Waals surface area contributed by atoms with Crippen LogP contribution in [0.5, 0.6) is 0 Å². The van der Waals surface area contributed by atoms with E-state index >= 15 is 0 Å². The van der Waals surface area contributed by atoms with Crippen molar-refractivity contribution in [2.24, 2.45) is 5.92 Å². The molecule has 27 heavy (non-hydrogen) atoms. The van der Waals surface area contributed by atoms with E-state index in [1.807, 2.05) is 4.90 Å². The van der Waals surface area contributed by atoms with Gasteiger partial charge in [-0.1, -0.05) is 24.4 Å². The van der Waals surface area contributed by atoms with E-state index in [-0.39, 0.29) is 34.0 Å². The largest absolute Gasteiger partial charge is 0.342 e. The summed E-state index contributed by atoms with van der Waals surface area (Å²) in [6.07, 6.45) is 5.73. The molecule has 0 saturated carbocycles. The lowest BCUT2D eigenvalue weighted by Gasteiger charge is -2.34. The van der Waals surface area contributed by atoms with Gasteiger partial charge in [0.2, 0.25) is 5.91 Å². The van der Waals surface area contributed by atoms with Crippen LogP contribution in [0.25, 0.3) is 0 Å². The van der Waals surface area contributed by atoms with Gasteiger partial charge in [0.15, 0.2) is 0 Å². The lowest BCUT2D eigenvalue weighted by Crippen LogP contribution is -2.44. The van der Waals surface area contributed by atoms with Gasteiger partial charge in [0.25, 0.3) is 11.6 Å². The molecule has 0 spiro atoms. The molecule has 2 aliphatic rings. The summed E-state index contributed by atoms with van der Waals surface area (Å²) in [4.78, 5) is 39.5. The molecule has 0 radical (unpaired) electrons. The smallest absolute Gasteiger partial charge is 0.270 e. The Morgan fingerprint density at radius 3 is 2.22 bits per heavy atom. The lowest BCUT2D eigenvalue weighted by atomic mass is 9.94. The first-order valence-corrected chi connectivity index (χ1v) is 9.87. The lowest BCUT2D eigenvalue weighted by molar-refractivity contribution is -0.384. The number of nitro groups is 1. The van der Waals surface area contributed by atoms with E-state index in [1.54, 1.807) is 4.90 Å². The molecule has 7 nitrogen and oxygen atoms in total. The highest BCUT2D eigenvalue weighted by atomic mass is 35.5. The van der Waals surface area contributed by atoms with E-state index in [1.165, 1.54) is 31.0 Å². The molecule has 0 bridgehead atoms. The van der Waals surface area contributed by atoms with E-state index < -0.39 is 4.92 Å². The third-order valence-electron chi connectivity index (χ3n) is 5.44. The number of nitro benzene ring substituents is 1. The Balaban J connectivity index is 1.62. The second-order valence-corrected chi connectivity index (χ2v) is 7.63. The minimum Gasteiger partial charge on any atom is -0.342 e. The van der Waals surface area contributed by atoms with Gasteiger partial charge in [-0.15, -0.1) is 0 Å². The molecule has 0 unspecified atom stereocenters. The summed E-state index contributed by atoms with van der Waals surface area (Å²) in [6.45, 7) is 2.59. The van der Waals surface area contributed by atoms with E-state index in [0.29, 0.717) is 25.9 Å². The van der Waals surface area contributed by atoms with Crippen LogP contribution in [0.15, 0.2) is 18.2 Å². The molecule has 2 aliphatic heterocycles. The molecule has 146 valence electrons. The minimum atomic E-state index is -0.542. The SMILES string of the molecule is O=C(c1cc([N+](=O)[O-])ccc1Cl)N1CCC(C(=O)N2CCCCCC2)CC1. The van der Waals surface area contributed by atoms with Crippen LogP contribution in [0.4, 0.5) is 5.69 Å². The number of carbonyl (C=O) groups excluding carboxylic acids is 2. The Morgan fingerprint density at radius 2 is 1.63 bits per heavy atom. The Kier molecular flexibility index (Phi) is 6.31.